The zero-order valence-electron chi connectivity index (χ0n) is 10.6. The zero-order chi connectivity index (χ0) is 13.8. The Kier molecular flexibility index (Phi) is 3.62. The number of hydrogen-bond acceptors (Lipinski definition) is 4. The van der Waals surface area contributed by atoms with E-state index in [1.165, 1.54) is 19.2 Å². The van der Waals surface area contributed by atoms with Gasteiger partial charge in [0.15, 0.2) is 11.6 Å². The molecule has 5 heteroatoms. The third-order valence-electron chi connectivity index (χ3n) is 2.57. The van der Waals surface area contributed by atoms with Crippen LogP contribution < -0.4 is 10.1 Å². The van der Waals surface area contributed by atoms with Crippen molar-refractivity contribution < 1.29 is 9.13 Å². The number of hydrogen-bond donors (Lipinski definition) is 1. The van der Waals surface area contributed by atoms with Gasteiger partial charge in [0, 0.05) is 17.4 Å². The molecule has 0 saturated carbocycles. The van der Waals surface area contributed by atoms with E-state index in [0.717, 1.165) is 5.69 Å². The Morgan fingerprint density at radius 1 is 1.32 bits per heavy atom. The van der Waals surface area contributed by atoms with Crippen LogP contribution in [0, 0.1) is 24.1 Å². The van der Waals surface area contributed by atoms with Crippen LogP contribution in [0.25, 0.3) is 0 Å². The second-order valence-corrected chi connectivity index (χ2v) is 3.93. The van der Waals surface area contributed by atoms with Crippen LogP contribution >= 0.6 is 0 Å². The van der Waals surface area contributed by atoms with Crippen LogP contribution in [0.15, 0.2) is 30.3 Å². The standard InChI is InChI=1S/C14H12FN3O/c1-9-3-4-10(8-16)14(17-9)18-11-5-6-13(19-2)12(15)7-11/h3-7H,1-2H3,(H,17,18). The van der Waals surface area contributed by atoms with E-state index in [1.54, 1.807) is 18.2 Å². The van der Waals surface area contributed by atoms with Gasteiger partial charge in [-0.3, -0.25) is 0 Å². The fourth-order valence-corrected chi connectivity index (χ4v) is 1.62. The number of aromatic nitrogens is 1. The van der Waals surface area contributed by atoms with Gasteiger partial charge >= 0.3 is 0 Å². The normalized spacial score (nSPS) is 9.79. The van der Waals surface area contributed by atoms with Crippen LogP contribution in [0.5, 0.6) is 5.75 Å². The van der Waals surface area contributed by atoms with Crippen LogP contribution in [-0.4, -0.2) is 12.1 Å². The van der Waals surface area contributed by atoms with Crippen molar-refractivity contribution in [2.45, 2.75) is 6.92 Å². The van der Waals surface area contributed by atoms with Crippen LogP contribution in [0.3, 0.4) is 0 Å². The number of nitrogens with zero attached hydrogens (tertiary/aromatic N) is 2. The average Bonchev–Trinajstić information content (AvgIpc) is 2.39. The molecule has 0 spiro atoms. The largest absolute Gasteiger partial charge is 0.494 e. The van der Waals surface area contributed by atoms with Crippen molar-refractivity contribution in [3.63, 3.8) is 0 Å². The fourth-order valence-electron chi connectivity index (χ4n) is 1.62. The number of ether oxygens (including phenoxy) is 1. The number of nitrogens with one attached hydrogen (secondary N) is 1. The first-order valence-corrected chi connectivity index (χ1v) is 5.62. The Morgan fingerprint density at radius 3 is 2.74 bits per heavy atom. The van der Waals surface area contributed by atoms with E-state index in [-0.39, 0.29) is 5.75 Å². The predicted octanol–water partition coefficient (Wildman–Crippen LogP) is 3.15. The van der Waals surface area contributed by atoms with Crippen LogP contribution in [-0.2, 0) is 0 Å². The topological polar surface area (TPSA) is 57.9 Å². The highest BCUT2D eigenvalue weighted by atomic mass is 19.1. The number of pyridine rings is 1. The number of rotatable bonds is 3. The number of anilines is 2. The summed E-state index contributed by atoms with van der Waals surface area (Å²) in [6, 6.07) is 9.93. The first kappa shape index (κ1) is 12.8. The molecule has 4 nitrogen and oxygen atoms in total. The summed E-state index contributed by atoms with van der Waals surface area (Å²) in [5.41, 5.74) is 1.69. The van der Waals surface area contributed by atoms with Gasteiger partial charge in [0.2, 0.25) is 0 Å². The Balaban J connectivity index is 2.34. The lowest BCUT2D eigenvalue weighted by atomic mass is 10.2. The average molecular weight is 257 g/mol. The van der Waals surface area contributed by atoms with Crippen LogP contribution in [0.1, 0.15) is 11.3 Å². The van der Waals surface area contributed by atoms with Crippen LogP contribution in [0.4, 0.5) is 15.9 Å². The molecule has 19 heavy (non-hydrogen) atoms. The van der Waals surface area contributed by atoms with Gasteiger partial charge < -0.3 is 10.1 Å². The highest BCUT2D eigenvalue weighted by molar-refractivity contribution is 5.63. The minimum atomic E-state index is -0.473. The van der Waals surface area contributed by atoms with Gasteiger partial charge in [-0.05, 0) is 31.2 Å². The Bertz CT molecular complexity index is 650. The molecule has 0 saturated heterocycles. The third kappa shape index (κ3) is 2.80. The van der Waals surface area contributed by atoms with Crippen molar-refractivity contribution in [2.24, 2.45) is 0 Å². The summed E-state index contributed by atoms with van der Waals surface area (Å²) in [6.45, 7) is 1.82. The number of aryl methyl sites for hydroxylation is 1. The van der Waals surface area contributed by atoms with Crippen molar-refractivity contribution in [1.29, 1.82) is 5.26 Å². The van der Waals surface area contributed by atoms with E-state index < -0.39 is 5.82 Å². The van der Waals surface area contributed by atoms with Crippen LogP contribution in [0.2, 0.25) is 0 Å². The van der Waals surface area contributed by atoms with E-state index in [9.17, 15) is 4.39 Å². The smallest absolute Gasteiger partial charge is 0.167 e. The van der Waals surface area contributed by atoms with Gasteiger partial charge in [0.05, 0.1) is 12.7 Å². The van der Waals surface area contributed by atoms with Gasteiger partial charge in [-0.1, -0.05) is 0 Å². The van der Waals surface area contributed by atoms with Crippen molar-refractivity contribution in [2.75, 3.05) is 12.4 Å². The highest BCUT2D eigenvalue weighted by Crippen LogP contribution is 2.24. The number of methoxy groups -OCH3 is 1. The van der Waals surface area contributed by atoms with Gasteiger partial charge in [-0.25, -0.2) is 9.37 Å². The van der Waals surface area contributed by atoms with E-state index in [1.807, 2.05) is 13.0 Å². The molecular weight excluding hydrogens is 245 g/mol. The molecule has 1 aromatic heterocycles. The predicted molar refractivity (Wildman–Crippen MR) is 69.9 cm³/mol. The number of halogens is 1. The molecule has 1 N–H and O–H groups in total. The molecule has 0 bridgehead atoms. The molecule has 0 aliphatic rings. The van der Waals surface area contributed by atoms with E-state index >= 15 is 0 Å². The van der Waals surface area contributed by atoms with Gasteiger partial charge in [-0.15, -0.1) is 0 Å². The lowest BCUT2D eigenvalue weighted by Crippen LogP contribution is -1.99. The van der Waals surface area contributed by atoms with Gasteiger partial charge in [0.1, 0.15) is 11.9 Å². The minimum absolute atomic E-state index is 0.170. The van der Waals surface area contributed by atoms with E-state index in [2.05, 4.69) is 10.3 Å². The summed E-state index contributed by atoms with van der Waals surface area (Å²) in [5.74, 6) is 0.106. The number of benzene rings is 1. The first-order chi connectivity index (χ1) is 9.13. The van der Waals surface area contributed by atoms with Crippen molar-refractivity contribution >= 4 is 11.5 Å². The molecule has 0 fully saturated rings. The molecule has 1 heterocycles. The maximum atomic E-state index is 13.6. The van der Waals surface area contributed by atoms with Crippen molar-refractivity contribution in [3.8, 4) is 11.8 Å². The summed E-state index contributed by atoms with van der Waals surface area (Å²) in [7, 11) is 1.40. The SMILES string of the molecule is COc1ccc(Nc2nc(C)ccc2C#N)cc1F. The molecule has 0 aliphatic heterocycles. The van der Waals surface area contributed by atoms with Gasteiger partial charge in [0.25, 0.3) is 0 Å². The maximum Gasteiger partial charge on any atom is 0.167 e. The molecule has 0 aliphatic carbocycles. The van der Waals surface area contributed by atoms with Gasteiger partial charge in [-0.2, -0.15) is 5.26 Å². The Morgan fingerprint density at radius 2 is 2.11 bits per heavy atom. The van der Waals surface area contributed by atoms with E-state index in [4.69, 9.17) is 10.00 Å². The molecule has 2 rings (SSSR count). The lowest BCUT2D eigenvalue weighted by Gasteiger charge is -2.09. The molecule has 0 amide bonds. The summed E-state index contributed by atoms with van der Waals surface area (Å²) in [6.07, 6.45) is 0. The second-order valence-electron chi connectivity index (χ2n) is 3.93. The lowest BCUT2D eigenvalue weighted by molar-refractivity contribution is 0.386. The first-order valence-electron chi connectivity index (χ1n) is 5.62. The third-order valence-corrected chi connectivity index (χ3v) is 2.57. The van der Waals surface area contributed by atoms with E-state index in [0.29, 0.717) is 17.1 Å². The molecular formula is C14H12FN3O. The Labute approximate surface area is 110 Å². The molecule has 1 aromatic carbocycles. The summed E-state index contributed by atoms with van der Waals surface area (Å²) < 4.78 is 18.4. The molecule has 96 valence electrons. The van der Waals surface area contributed by atoms with Crippen molar-refractivity contribution in [3.05, 3.63) is 47.4 Å². The molecule has 0 unspecified atom stereocenters. The minimum Gasteiger partial charge on any atom is -0.494 e. The maximum absolute atomic E-state index is 13.6. The number of nitriles is 1. The summed E-state index contributed by atoms with van der Waals surface area (Å²) in [5, 5.41) is 11.9. The molecule has 0 atom stereocenters. The molecule has 2 aromatic rings. The monoisotopic (exact) mass is 257 g/mol. The zero-order valence-corrected chi connectivity index (χ0v) is 10.6. The fraction of sp³-hybridized carbons (Fsp3) is 0.143. The summed E-state index contributed by atoms with van der Waals surface area (Å²) >= 11 is 0. The second kappa shape index (κ2) is 5.36. The summed E-state index contributed by atoms with van der Waals surface area (Å²) in [4.78, 5) is 4.22. The Hall–Kier alpha value is -2.61. The molecule has 0 radical (unpaired) electrons. The quantitative estimate of drug-likeness (QED) is 0.917. The highest BCUT2D eigenvalue weighted by Gasteiger charge is 2.07. The van der Waals surface area contributed by atoms with Crippen molar-refractivity contribution in [1.82, 2.24) is 4.98 Å².